The Kier molecular flexibility index (Phi) is 3.25. The van der Waals surface area contributed by atoms with Crippen molar-refractivity contribution in [3.8, 4) is 17.1 Å². The molecule has 3 aromatic rings. The lowest BCUT2D eigenvalue weighted by Crippen LogP contribution is -2.05. The highest BCUT2D eigenvalue weighted by atomic mass is 35.5. The SMILES string of the molecule is O=c1cc(-c2n[nH]c(=S)n2-c2ccccc2Cl)cc[nH]1. The van der Waals surface area contributed by atoms with E-state index in [4.69, 9.17) is 23.8 Å². The van der Waals surface area contributed by atoms with Gasteiger partial charge >= 0.3 is 0 Å². The summed E-state index contributed by atoms with van der Waals surface area (Å²) in [4.78, 5) is 14.0. The van der Waals surface area contributed by atoms with Crippen molar-refractivity contribution in [2.45, 2.75) is 0 Å². The molecule has 0 spiro atoms. The van der Waals surface area contributed by atoms with E-state index in [-0.39, 0.29) is 5.56 Å². The lowest BCUT2D eigenvalue weighted by Gasteiger charge is -2.08. The molecule has 2 aromatic heterocycles. The van der Waals surface area contributed by atoms with Crippen molar-refractivity contribution in [1.29, 1.82) is 0 Å². The van der Waals surface area contributed by atoms with E-state index in [1.165, 1.54) is 6.07 Å². The lowest BCUT2D eigenvalue weighted by molar-refractivity contribution is 1.03. The largest absolute Gasteiger partial charge is 0.329 e. The molecule has 5 nitrogen and oxygen atoms in total. The van der Waals surface area contributed by atoms with Crippen molar-refractivity contribution in [2.75, 3.05) is 0 Å². The van der Waals surface area contributed by atoms with Crippen molar-refractivity contribution in [2.24, 2.45) is 0 Å². The van der Waals surface area contributed by atoms with Gasteiger partial charge in [-0.1, -0.05) is 23.7 Å². The van der Waals surface area contributed by atoms with Gasteiger partial charge in [-0.25, -0.2) is 0 Å². The molecule has 0 fully saturated rings. The van der Waals surface area contributed by atoms with Gasteiger partial charge in [0.05, 0.1) is 10.7 Å². The first-order valence-corrected chi connectivity index (χ1v) is 6.57. The Bertz CT molecular complexity index is 880. The number of pyridine rings is 1. The fourth-order valence-electron chi connectivity index (χ4n) is 1.93. The van der Waals surface area contributed by atoms with Crippen LogP contribution in [-0.4, -0.2) is 19.7 Å². The van der Waals surface area contributed by atoms with Crippen molar-refractivity contribution in [3.05, 3.63) is 62.7 Å². The maximum absolute atomic E-state index is 11.4. The Morgan fingerprint density at radius 3 is 2.80 bits per heavy atom. The normalized spacial score (nSPS) is 10.7. The molecule has 0 saturated carbocycles. The van der Waals surface area contributed by atoms with Crippen LogP contribution in [0.1, 0.15) is 0 Å². The van der Waals surface area contributed by atoms with Crippen molar-refractivity contribution in [3.63, 3.8) is 0 Å². The number of nitrogens with zero attached hydrogens (tertiary/aromatic N) is 2. The van der Waals surface area contributed by atoms with Crippen LogP contribution >= 0.6 is 23.8 Å². The second kappa shape index (κ2) is 5.07. The van der Waals surface area contributed by atoms with Gasteiger partial charge in [0, 0.05) is 17.8 Å². The van der Waals surface area contributed by atoms with E-state index in [1.807, 2.05) is 18.2 Å². The van der Waals surface area contributed by atoms with Crippen LogP contribution in [0.15, 0.2) is 47.4 Å². The number of hydrogen-bond donors (Lipinski definition) is 2. The highest BCUT2D eigenvalue weighted by molar-refractivity contribution is 7.71. The first-order chi connectivity index (χ1) is 9.66. The summed E-state index contributed by atoms with van der Waals surface area (Å²) in [6.45, 7) is 0. The second-order valence-corrected chi connectivity index (χ2v) is 4.87. The smallest absolute Gasteiger partial charge is 0.248 e. The minimum atomic E-state index is -0.206. The number of rotatable bonds is 2. The quantitative estimate of drug-likeness (QED) is 0.715. The van der Waals surface area contributed by atoms with Gasteiger partial charge in [-0.15, -0.1) is 0 Å². The standard InChI is InChI=1S/C13H9ClN4OS/c14-9-3-1-2-4-10(9)18-12(16-17-13(18)20)8-5-6-15-11(19)7-8/h1-7H,(H,15,19)(H,17,20). The number of nitrogens with one attached hydrogen (secondary N) is 2. The predicted molar refractivity (Wildman–Crippen MR) is 79.8 cm³/mol. The number of hydrogen-bond acceptors (Lipinski definition) is 3. The van der Waals surface area contributed by atoms with Gasteiger partial charge in [0.15, 0.2) is 10.6 Å². The molecule has 2 heterocycles. The fourth-order valence-corrected chi connectivity index (χ4v) is 2.38. The van der Waals surface area contributed by atoms with E-state index >= 15 is 0 Å². The molecule has 2 N–H and O–H groups in total. The minimum absolute atomic E-state index is 0.206. The Morgan fingerprint density at radius 1 is 1.25 bits per heavy atom. The van der Waals surface area contributed by atoms with Gasteiger partial charge in [-0.05, 0) is 30.4 Å². The zero-order valence-corrected chi connectivity index (χ0v) is 11.7. The summed E-state index contributed by atoms with van der Waals surface area (Å²) in [5.41, 5.74) is 1.16. The maximum atomic E-state index is 11.4. The van der Waals surface area contributed by atoms with Crippen molar-refractivity contribution < 1.29 is 0 Å². The molecule has 0 bridgehead atoms. The van der Waals surface area contributed by atoms with E-state index in [0.717, 1.165) is 0 Å². The van der Waals surface area contributed by atoms with Gasteiger partial charge < -0.3 is 4.98 Å². The number of aromatic nitrogens is 4. The summed E-state index contributed by atoms with van der Waals surface area (Å²) in [6, 6.07) is 10.5. The highest BCUT2D eigenvalue weighted by Crippen LogP contribution is 2.25. The number of H-pyrrole nitrogens is 2. The summed E-state index contributed by atoms with van der Waals surface area (Å²) in [5.74, 6) is 0.536. The topological polar surface area (TPSA) is 66.5 Å². The first-order valence-electron chi connectivity index (χ1n) is 5.78. The Hall–Kier alpha value is -2.18. The van der Waals surface area contributed by atoms with Gasteiger partial charge in [0.2, 0.25) is 5.56 Å². The number of aromatic amines is 2. The number of halogens is 1. The van der Waals surface area contributed by atoms with E-state index < -0.39 is 0 Å². The third-order valence-corrected chi connectivity index (χ3v) is 3.39. The molecule has 3 rings (SSSR count). The van der Waals surface area contributed by atoms with Crippen LogP contribution in [0, 0.1) is 4.77 Å². The summed E-state index contributed by atoms with van der Waals surface area (Å²) < 4.78 is 2.11. The molecule has 0 aliphatic heterocycles. The number of benzene rings is 1. The molecule has 0 amide bonds. The molecule has 0 aliphatic rings. The predicted octanol–water partition coefficient (Wildman–Crippen LogP) is 2.94. The van der Waals surface area contributed by atoms with Gasteiger partial charge in [-0.2, -0.15) is 5.10 Å². The van der Waals surface area contributed by atoms with Crippen molar-refractivity contribution >= 4 is 23.8 Å². The molecule has 0 atom stereocenters. The van der Waals surface area contributed by atoms with E-state index in [2.05, 4.69) is 15.2 Å². The molecule has 0 radical (unpaired) electrons. The molecular formula is C13H9ClN4OS. The third kappa shape index (κ3) is 2.19. The van der Waals surface area contributed by atoms with Crippen LogP contribution in [-0.2, 0) is 0 Å². The van der Waals surface area contributed by atoms with E-state index in [1.54, 1.807) is 22.9 Å². The Labute approximate surface area is 123 Å². The second-order valence-electron chi connectivity index (χ2n) is 4.08. The van der Waals surface area contributed by atoms with Crippen LogP contribution in [0.4, 0.5) is 0 Å². The fraction of sp³-hybridized carbons (Fsp3) is 0. The van der Waals surface area contributed by atoms with Crippen LogP contribution in [0.5, 0.6) is 0 Å². The first kappa shape index (κ1) is 12.8. The van der Waals surface area contributed by atoms with Gasteiger partial charge in [0.25, 0.3) is 0 Å². The van der Waals surface area contributed by atoms with Crippen LogP contribution < -0.4 is 5.56 Å². The summed E-state index contributed by atoms with van der Waals surface area (Å²) in [7, 11) is 0. The summed E-state index contributed by atoms with van der Waals surface area (Å²) in [6.07, 6.45) is 1.56. The molecule has 1 aromatic carbocycles. The number of para-hydroxylation sites is 1. The summed E-state index contributed by atoms with van der Waals surface area (Å²) in [5, 5.41) is 7.46. The van der Waals surface area contributed by atoms with E-state index in [9.17, 15) is 4.79 Å². The highest BCUT2D eigenvalue weighted by Gasteiger charge is 2.13. The molecule has 0 unspecified atom stereocenters. The van der Waals surface area contributed by atoms with E-state index in [0.29, 0.717) is 26.9 Å². The third-order valence-electron chi connectivity index (χ3n) is 2.80. The molecular weight excluding hydrogens is 296 g/mol. The van der Waals surface area contributed by atoms with Gasteiger partial charge in [0.1, 0.15) is 0 Å². The summed E-state index contributed by atoms with van der Waals surface area (Å²) >= 11 is 11.4. The van der Waals surface area contributed by atoms with Gasteiger partial charge in [-0.3, -0.25) is 14.5 Å². The zero-order valence-electron chi connectivity index (χ0n) is 10.1. The lowest BCUT2D eigenvalue weighted by atomic mass is 10.2. The Morgan fingerprint density at radius 2 is 2.05 bits per heavy atom. The average molecular weight is 305 g/mol. The van der Waals surface area contributed by atoms with Crippen LogP contribution in [0.25, 0.3) is 17.1 Å². The molecule has 20 heavy (non-hydrogen) atoms. The zero-order chi connectivity index (χ0) is 14.1. The van der Waals surface area contributed by atoms with Crippen LogP contribution in [0.2, 0.25) is 5.02 Å². The van der Waals surface area contributed by atoms with Crippen LogP contribution in [0.3, 0.4) is 0 Å². The average Bonchev–Trinajstić information content (AvgIpc) is 2.81. The van der Waals surface area contributed by atoms with Crippen molar-refractivity contribution in [1.82, 2.24) is 19.7 Å². The monoisotopic (exact) mass is 304 g/mol. The molecule has 7 heteroatoms. The minimum Gasteiger partial charge on any atom is -0.329 e. The Balaban J connectivity index is 2.29. The molecule has 0 aliphatic carbocycles. The maximum Gasteiger partial charge on any atom is 0.248 e. The molecule has 0 saturated heterocycles. The molecule has 100 valence electrons.